The van der Waals surface area contributed by atoms with E-state index in [0.29, 0.717) is 10.2 Å². The lowest BCUT2D eigenvalue weighted by atomic mass is 10.1. The SMILES string of the molecule is CC[N+](C)(C)c1ccc(C(=O)O)cc1F. The number of hydrogen-bond acceptors (Lipinski definition) is 1. The molecule has 0 spiro atoms. The molecule has 1 aromatic carbocycles. The molecule has 1 aromatic rings. The van der Waals surface area contributed by atoms with E-state index in [4.69, 9.17) is 5.11 Å². The maximum absolute atomic E-state index is 13.6. The number of hydrogen-bond donors (Lipinski definition) is 1. The summed E-state index contributed by atoms with van der Waals surface area (Å²) in [6, 6.07) is 4.02. The summed E-state index contributed by atoms with van der Waals surface area (Å²) in [5.41, 5.74) is 0.481. The van der Waals surface area contributed by atoms with Crippen molar-refractivity contribution in [3.8, 4) is 0 Å². The summed E-state index contributed by atoms with van der Waals surface area (Å²) in [4.78, 5) is 10.6. The standard InChI is InChI=1S/C11H14FNO2/c1-4-13(2,3)10-6-5-8(11(14)15)7-9(10)12/h5-7H,4H2,1-3H3/p+1. The molecule has 0 aliphatic carbocycles. The van der Waals surface area contributed by atoms with Crippen LogP contribution >= 0.6 is 0 Å². The molecule has 15 heavy (non-hydrogen) atoms. The fraction of sp³-hybridized carbons (Fsp3) is 0.364. The molecule has 0 bridgehead atoms. The molecule has 0 saturated carbocycles. The quantitative estimate of drug-likeness (QED) is 0.779. The van der Waals surface area contributed by atoms with Gasteiger partial charge >= 0.3 is 5.97 Å². The van der Waals surface area contributed by atoms with E-state index in [1.807, 2.05) is 21.0 Å². The predicted octanol–water partition coefficient (Wildman–Crippen LogP) is 2.11. The first-order chi connectivity index (χ1) is 6.88. The van der Waals surface area contributed by atoms with E-state index in [-0.39, 0.29) is 5.56 Å². The Labute approximate surface area is 88.3 Å². The molecule has 0 unspecified atom stereocenters. The van der Waals surface area contributed by atoms with E-state index in [9.17, 15) is 9.18 Å². The van der Waals surface area contributed by atoms with E-state index >= 15 is 0 Å². The van der Waals surface area contributed by atoms with Crippen molar-refractivity contribution in [2.45, 2.75) is 6.92 Å². The number of nitrogens with zero attached hydrogens (tertiary/aromatic N) is 1. The van der Waals surface area contributed by atoms with Gasteiger partial charge in [-0.05, 0) is 19.1 Å². The highest BCUT2D eigenvalue weighted by Crippen LogP contribution is 2.23. The summed E-state index contributed by atoms with van der Waals surface area (Å²) >= 11 is 0. The van der Waals surface area contributed by atoms with Crippen LogP contribution in [-0.2, 0) is 0 Å². The highest BCUT2D eigenvalue weighted by atomic mass is 19.1. The topological polar surface area (TPSA) is 37.3 Å². The third kappa shape index (κ3) is 2.33. The minimum absolute atomic E-state index is 0.0210. The third-order valence-electron chi connectivity index (χ3n) is 2.64. The molecule has 3 nitrogen and oxygen atoms in total. The van der Waals surface area contributed by atoms with Gasteiger partial charge in [0, 0.05) is 6.07 Å². The first-order valence-electron chi connectivity index (χ1n) is 4.75. The maximum Gasteiger partial charge on any atom is 0.335 e. The van der Waals surface area contributed by atoms with Crippen molar-refractivity contribution in [3.63, 3.8) is 0 Å². The molecule has 0 aliphatic heterocycles. The van der Waals surface area contributed by atoms with Gasteiger partial charge in [-0.2, -0.15) is 0 Å². The molecular formula is C11H15FNO2+. The fourth-order valence-electron chi connectivity index (χ4n) is 1.30. The van der Waals surface area contributed by atoms with E-state index in [1.165, 1.54) is 12.1 Å². The van der Waals surface area contributed by atoms with Crippen molar-refractivity contribution in [2.75, 3.05) is 20.6 Å². The van der Waals surface area contributed by atoms with Crippen molar-refractivity contribution in [2.24, 2.45) is 0 Å². The molecule has 0 aliphatic rings. The van der Waals surface area contributed by atoms with Crippen molar-refractivity contribution in [3.05, 3.63) is 29.6 Å². The van der Waals surface area contributed by atoms with Gasteiger partial charge in [0.2, 0.25) is 0 Å². The highest BCUT2D eigenvalue weighted by Gasteiger charge is 2.22. The molecule has 0 fully saturated rings. The fourth-order valence-corrected chi connectivity index (χ4v) is 1.30. The molecule has 1 N–H and O–H groups in total. The largest absolute Gasteiger partial charge is 0.478 e. The van der Waals surface area contributed by atoms with Crippen molar-refractivity contribution < 1.29 is 14.3 Å². The number of aromatic carboxylic acids is 1. The number of quaternary nitrogens is 1. The summed E-state index contributed by atoms with van der Waals surface area (Å²) in [6.07, 6.45) is 0. The minimum Gasteiger partial charge on any atom is -0.478 e. The summed E-state index contributed by atoms with van der Waals surface area (Å²) in [6.45, 7) is 2.69. The van der Waals surface area contributed by atoms with Crippen molar-refractivity contribution in [1.82, 2.24) is 4.48 Å². The molecule has 0 saturated heterocycles. The van der Waals surface area contributed by atoms with Gasteiger partial charge in [-0.15, -0.1) is 0 Å². The van der Waals surface area contributed by atoms with E-state index in [2.05, 4.69) is 0 Å². The van der Waals surface area contributed by atoms with Gasteiger partial charge in [-0.3, -0.25) is 4.48 Å². The first kappa shape index (κ1) is 11.7. The highest BCUT2D eigenvalue weighted by molar-refractivity contribution is 5.88. The molecule has 0 heterocycles. The number of carboxylic acid groups (broad SMARTS) is 1. The maximum atomic E-state index is 13.6. The van der Waals surface area contributed by atoms with Gasteiger partial charge in [0.25, 0.3) is 0 Å². The minimum atomic E-state index is -1.11. The monoisotopic (exact) mass is 212 g/mol. The Kier molecular flexibility index (Phi) is 3.09. The zero-order chi connectivity index (χ0) is 11.6. The second-order valence-electron chi connectivity index (χ2n) is 3.97. The number of rotatable bonds is 3. The van der Waals surface area contributed by atoms with E-state index < -0.39 is 11.8 Å². The average Bonchev–Trinajstić information content (AvgIpc) is 2.17. The van der Waals surface area contributed by atoms with Crippen LogP contribution in [0.15, 0.2) is 18.2 Å². The molecule has 0 atom stereocenters. The van der Waals surface area contributed by atoms with Crippen LogP contribution in [0.3, 0.4) is 0 Å². The normalized spacial score (nSPS) is 11.5. The number of carboxylic acids is 1. The third-order valence-corrected chi connectivity index (χ3v) is 2.64. The van der Waals surface area contributed by atoms with Crippen LogP contribution in [-0.4, -0.2) is 31.7 Å². The Morgan fingerprint density at radius 1 is 1.47 bits per heavy atom. The lowest BCUT2D eigenvalue weighted by Crippen LogP contribution is -2.40. The zero-order valence-electron chi connectivity index (χ0n) is 9.12. The van der Waals surface area contributed by atoms with Crippen LogP contribution < -0.4 is 4.48 Å². The van der Waals surface area contributed by atoms with E-state index in [1.54, 1.807) is 0 Å². The zero-order valence-corrected chi connectivity index (χ0v) is 9.12. The Bertz CT molecular complexity index is 388. The summed E-state index contributed by atoms with van der Waals surface area (Å²) < 4.78 is 14.0. The predicted molar refractivity (Wildman–Crippen MR) is 57.5 cm³/mol. The van der Waals surface area contributed by atoms with Crippen LogP contribution in [0.4, 0.5) is 10.1 Å². The average molecular weight is 212 g/mol. The second kappa shape index (κ2) is 3.98. The van der Waals surface area contributed by atoms with Gasteiger partial charge in [0.15, 0.2) is 11.5 Å². The van der Waals surface area contributed by atoms with Gasteiger partial charge in [0.05, 0.1) is 26.2 Å². The van der Waals surface area contributed by atoms with Crippen molar-refractivity contribution in [1.29, 1.82) is 0 Å². The molecule has 82 valence electrons. The first-order valence-corrected chi connectivity index (χ1v) is 4.75. The molecular weight excluding hydrogens is 197 g/mol. The molecule has 0 amide bonds. The Balaban J connectivity index is 3.19. The van der Waals surface area contributed by atoms with Gasteiger partial charge in [-0.1, -0.05) is 0 Å². The van der Waals surface area contributed by atoms with Crippen LogP contribution in [0.5, 0.6) is 0 Å². The van der Waals surface area contributed by atoms with Crippen molar-refractivity contribution >= 4 is 11.7 Å². The molecule has 4 heteroatoms. The van der Waals surface area contributed by atoms with Crippen LogP contribution in [0.2, 0.25) is 0 Å². The number of carbonyl (C=O) groups is 1. The van der Waals surface area contributed by atoms with E-state index in [0.717, 1.165) is 12.6 Å². The Morgan fingerprint density at radius 3 is 2.47 bits per heavy atom. The van der Waals surface area contributed by atoms with Gasteiger partial charge in [-0.25, -0.2) is 9.18 Å². The summed E-state index contributed by atoms with van der Waals surface area (Å²) in [5.74, 6) is -1.58. The number of benzene rings is 1. The van der Waals surface area contributed by atoms with Crippen LogP contribution in [0, 0.1) is 5.82 Å². The Hall–Kier alpha value is -1.42. The van der Waals surface area contributed by atoms with Gasteiger partial charge in [0.1, 0.15) is 0 Å². The summed E-state index contributed by atoms with van der Waals surface area (Å²) in [5, 5.41) is 8.69. The lowest BCUT2D eigenvalue weighted by Gasteiger charge is -2.27. The Morgan fingerprint density at radius 2 is 2.07 bits per heavy atom. The van der Waals surface area contributed by atoms with Crippen LogP contribution in [0.25, 0.3) is 0 Å². The summed E-state index contributed by atoms with van der Waals surface area (Å²) in [7, 11) is 3.75. The smallest absolute Gasteiger partial charge is 0.335 e. The molecule has 0 radical (unpaired) electrons. The van der Waals surface area contributed by atoms with Gasteiger partial charge < -0.3 is 5.11 Å². The number of halogens is 1. The second-order valence-corrected chi connectivity index (χ2v) is 3.97. The van der Waals surface area contributed by atoms with Crippen LogP contribution in [0.1, 0.15) is 17.3 Å². The molecule has 0 aromatic heterocycles. The lowest BCUT2D eigenvalue weighted by molar-refractivity contribution is 0.0696. The molecule has 1 rings (SSSR count).